The molecule has 1 aliphatic rings. The number of piperidine rings is 1. The molecule has 0 atom stereocenters. The van der Waals surface area contributed by atoms with Gasteiger partial charge in [-0.1, -0.05) is 13.8 Å². The summed E-state index contributed by atoms with van der Waals surface area (Å²) < 4.78 is 0. The lowest BCUT2D eigenvalue weighted by Gasteiger charge is -2.29. The maximum absolute atomic E-state index is 11.5. The van der Waals surface area contributed by atoms with Crippen molar-refractivity contribution in [3.8, 4) is 0 Å². The summed E-state index contributed by atoms with van der Waals surface area (Å²) in [7, 11) is 0. The number of nitrogens with one attached hydrogen (secondary N) is 1. The number of carbonyl (C=O) groups is 1. The molecule has 0 saturated carbocycles. The number of likely N-dealkylation sites (tertiary alicyclic amines) is 1. The van der Waals surface area contributed by atoms with Gasteiger partial charge in [0.25, 0.3) is 0 Å². The fourth-order valence-electron chi connectivity index (χ4n) is 2.30. The first-order chi connectivity index (χ1) is 9.17. The molecule has 0 aliphatic carbocycles. The summed E-state index contributed by atoms with van der Waals surface area (Å²) in [5.41, 5.74) is 1.08. The van der Waals surface area contributed by atoms with Gasteiger partial charge in [-0.15, -0.1) is 11.3 Å². The third kappa shape index (κ3) is 4.58. The van der Waals surface area contributed by atoms with Crippen LogP contribution in [0.15, 0.2) is 5.38 Å². The maximum Gasteiger partial charge on any atom is 0.226 e. The number of rotatable bonds is 5. The molecular formula is C14H23N3OS. The average molecular weight is 281 g/mol. The quantitative estimate of drug-likeness (QED) is 0.902. The van der Waals surface area contributed by atoms with Crippen molar-refractivity contribution in [3.63, 3.8) is 0 Å². The summed E-state index contributed by atoms with van der Waals surface area (Å²) in [6.45, 7) is 7.56. The molecule has 1 aromatic heterocycles. The molecule has 0 unspecified atom stereocenters. The van der Waals surface area contributed by atoms with Crippen LogP contribution in [0, 0.1) is 5.92 Å². The average Bonchev–Trinajstić information content (AvgIpc) is 2.80. The molecule has 1 N–H and O–H groups in total. The normalized spacial score (nSPS) is 17.6. The SMILES string of the molecule is CCCC(=O)Nc1nc(CN2CCC(C)CC2)cs1. The Kier molecular flexibility index (Phi) is 5.34. The molecule has 1 aliphatic heterocycles. The van der Waals surface area contributed by atoms with Gasteiger partial charge < -0.3 is 5.32 Å². The lowest BCUT2D eigenvalue weighted by Crippen LogP contribution is -2.32. The van der Waals surface area contributed by atoms with Crippen LogP contribution in [0.2, 0.25) is 0 Å². The Hall–Kier alpha value is -0.940. The maximum atomic E-state index is 11.5. The molecule has 1 fully saturated rings. The van der Waals surface area contributed by atoms with Gasteiger partial charge in [-0.2, -0.15) is 0 Å². The van der Waals surface area contributed by atoms with Gasteiger partial charge in [0.05, 0.1) is 5.69 Å². The predicted octanol–water partition coefficient (Wildman–Crippen LogP) is 3.11. The Bertz CT molecular complexity index is 411. The summed E-state index contributed by atoms with van der Waals surface area (Å²) in [6, 6.07) is 0. The number of nitrogens with zero attached hydrogens (tertiary/aromatic N) is 2. The molecule has 2 heterocycles. The Balaban J connectivity index is 1.82. The van der Waals surface area contributed by atoms with E-state index in [1.54, 1.807) is 0 Å². The highest BCUT2D eigenvalue weighted by Gasteiger charge is 2.16. The zero-order valence-corrected chi connectivity index (χ0v) is 12.6. The lowest BCUT2D eigenvalue weighted by atomic mass is 9.99. The molecule has 106 valence electrons. The summed E-state index contributed by atoms with van der Waals surface area (Å²) in [6.07, 6.45) is 4.00. The van der Waals surface area contributed by atoms with E-state index in [-0.39, 0.29) is 5.91 Å². The van der Waals surface area contributed by atoms with Gasteiger partial charge in [0.15, 0.2) is 5.13 Å². The largest absolute Gasteiger partial charge is 0.302 e. The van der Waals surface area contributed by atoms with Crippen molar-refractivity contribution in [1.29, 1.82) is 0 Å². The zero-order chi connectivity index (χ0) is 13.7. The monoisotopic (exact) mass is 281 g/mol. The molecule has 1 aromatic rings. The Labute approximate surface area is 119 Å². The molecular weight excluding hydrogens is 258 g/mol. The van der Waals surface area contributed by atoms with Crippen LogP contribution in [0.3, 0.4) is 0 Å². The molecule has 4 nitrogen and oxygen atoms in total. The highest BCUT2D eigenvalue weighted by Crippen LogP contribution is 2.21. The van der Waals surface area contributed by atoms with Gasteiger partial charge >= 0.3 is 0 Å². The minimum absolute atomic E-state index is 0.0650. The topological polar surface area (TPSA) is 45.2 Å². The van der Waals surface area contributed by atoms with Gasteiger partial charge in [0.1, 0.15) is 0 Å². The highest BCUT2D eigenvalue weighted by molar-refractivity contribution is 7.13. The van der Waals surface area contributed by atoms with Crippen molar-refractivity contribution in [2.45, 2.75) is 46.1 Å². The van der Waals surface area contributed by atoms with E-state index >= 15 is 0 Å². The second-order valence-electron chi connectivity index (χ2n) is 5.40. The van der Waals surface area contributed by atoms with E-state index in [4.69, 9.17) is 0 Å². The van der Waals surface area contributed by atoms with E-state index in [9.17, 15) is 4.79 Å². The predicted molar refractivity (Wildman–Crippen MR) is 79.3 cm³/mol. The minimum atomic E-state index is 0.0650. The molecule has 0 radical (unpaired) electrons. The highest BCUT2D eigenvalue weighted by atomic mass is 32.1. The number of amides is 1. The first kappa shape index (κ1) is 14.5. The fraction of sp³-hybridized carbons (Fsp3) is 0.714. The van der Waals surface area contributed by atoms with E-state index in [0.717, 1.165) is 42.8 Å². The van der Waals surface area contributed by atoms with Gasteiger partial charge in [-0.3, -0.25) is 9.69 Å². The van der Waals surface area contributed by atoms with E-state index in [2.05, 4.69) is 27.5 Å². The zero-order valence-electron chi connectivity index (χ0n) is 11.8. The Morgan fingerprint density at radius 3 is 2.95 bits per heavy atom. The molecule has 0 spiro atoms. The fourth-order valence-corrected chi connectivity index (χ4v) is 3.01. The first-order valence-corrected chi connectivity index (χ1v) is 8.02. The first-order valence-electron chi connectivity index (χ1n) is 7.14. The van der Waals surface area contributed by atoms with Crippen LogP contribution >= 0.6 is 11.3 Å². The number of carbonyl (C=O) groups excluding carboxylic acids is 1. The molecule has 2 rings (SSSR count). The second kappa shape index (κ2) is 7.01. The number of hydrogen-bond acceptors (Lipinski definition) is 4. The molecule has 0 bridgehead atoms. The van der Waals surface area contributed by atoms with Crippen LogP contribution in [0.5, 0.6) is 0 Å². The second-order valence-corrected chi connectivity index (χ2v) is 6.26. The summed E-state index contributed by atoms with van der Waals surface area (Å²) in [5, 5.41) is 5.65. The lowest BCUT2D eigenvalue weighted by molar-refractivity contribution is -0.116. The van der Waals surface area contributed by atoms with E-state index in [1.165, 1.54) is 24.2 Å². The van der Waals surface area contributed by atoms with Crippen molar-refractivity contribution in [2.75, 3.05) is 18.4 Å². The molecule has 1 amide bonds. The Morgan fingerprint density at radius 1 is 1.53 bits per heavy atom. The number of anilines is 1. The third-order valence-corrected chi connectivity index (χ3v) is 4.34. The Morgan fingerprint density at radius 2 is 2.26 bits per heavy atom. The van der Waals surface area contributed by atoms with Gasteiger partial charge in [0, 0.05) is 18.3 Å². The molecule has 19 heavy (non-hydrogen) atoms. The van der Waals surface area contributed by atoms with E-state index < -0.39 is 0 Å². The molecule has 5 heteroatoms. The van der Waals surface area contributed by atoms with Crippen molar-refractivity contribution >= 4 is 22.4 Å². The standard InChI is InChI=1S/C14H23N3OS/c1-3-4-13(18)16-14-15-12(10-19-14)9-17-7-5-11(2)6-8-17/h10-11H,3-9H2,1-2H3,(H,15,16,18). The number of thiazole rings is 1. The van der Waals surface area contributed by atoms with Gasteiger partial charge in [0.2, 0.25) is 5.91 Å². The van der Waals surface area contributed by atoms with Crippen LogP contribution in [0.4, 0.5) is 5.13 Å². The summed E-state index contributed by atoms with van der Waals surface area (Å²) in [4.78, 5) is 18.4. The number of aromatic nitrogens is 1. The summed E-state index contributed by atoms with van der Waals surface area (Å²) in [5.74, 6) is 0.922. The van der Waals surface area contributed by atoms with Crippen LogP contribution in [0.1, 0.15) is 45.2 Å². The van der Waals surface area contributed by atoms with Crippen molar-refractivity contribution in [3.05, 3.63) is 11.1 Å². The number of hydrogen-bond donors (Lipinski definition) is 1. The summed E-state index contributed by atoms with van der Waals surface area (Å²) >= 11 is 1.52. The van der Waals surface area contributed by atoms with E-state index in [0.29, 0.717) is 6.42 Å². The van der Waals surface area contributed by atoms with Crippen molar-refractivity contribution in [2.24, 2.45) is 5.92 Å². The third-order valence-electron chi connectivity index (χ3n) is 3.54. The van der Waals surface area contributed by atoms with Crippen molar-refractivity contribution in [1.82, 2.24) is 9.88 Å². The smallest absolute Gasteiger partial charge is 0.226 e. The van der Waals surface area contributed by atoms with E-state index in [1.807, 2.05) is 6.92 Å². The van der Waals surface area contributed by atoms with Crippen LogP contribution in [-0.4, -0.2) is 28.9 Å². The molecule has 1 saturated heterocycles. The van der Waals surface area contributed by atoms with Crippen LogP contribution in [-0.2, 0) is 11.3 Å². The van der Waals surface area contributed by atoms with Crippen LogP contribution in [0.25, 0.3) is 0 Å². The van der Waals surface area contributed by atoms with Crippen LogP contribution < -0.4 is 5.32 Å². The van der Waals surface area contributed by atoms with Gasteiger partial charge in [-0.05, 0) is 38.3 Å². The molecule has 0 aromatic carbocycles. The van der Waals surface area contributed by atoms with Crippen molar-refractivity contribution < 1.29 is 4.79 Å². The van der Waals surface area contributed by atoms with Gasteiger partial charge in [-0.25, -0.2) is 4.98 Å². The minimum Gasteiger partial charge on any atom is -0.302 e.